The largest absolute Gasteiger partial charge is 0.394 e. The molecule has 13 heavy (non-hydrogen) atoms. The molecule has 0 aliphatic heterocycles. The van der Waals surface area contributed by atoms with Gasteiger partial charge in [0.05, 0.1) is 10.4 Å². The van der Waals surface area contributed by atoms with Crippen molar-refractivity contribution in [3.8, 4) is 0 Å². The van der Waals surface area contributed by atoms with Crippen molar-refractivity contribution in [2.75, 3.05) is 6.61 Å². The van der Waals surface area contributed by atoms with E-state index < -0.39 is 18.8 Å². The predicted molar refractivity (Wildman–Crippen MR) is 54.8 cm³/mol. The molecule has 0 radical (unpaired) electrons. The van der Waals surface area contributed by atoms with Gasteiger partial charge in [0.2, 0.25) is 0 Å². The molecule has 3 nitrogen and oxygen atoms in total. The second-order valence-corrected chi connectivity index (χ2v) is 5.20. The highest BCUT2D eigenvalue weighted by Gasteiger charge is 2.19. The van der Waals surface area contributed by atoms with E-state index in [-0.39, 0.29) is 0 Å². The lowest BCUT2D eigenvalue weighted by Gasteiger charge is -2.13. The van der Waals surface area contributed by atoms with Gasteiger partial charge in [0.15, 0.2) is 0 Å². The molecule has 1 aromatic rings. The van der Waals surface area contributed by atoms with Gasteiger partial charge in [-0.1, -0.05) is 0 Å². The normalized spacial score (nSPS) is 15.8. The minimum absolute atomic E-state index is 0.435. The van der Waals surface area contributed by atoms with E-state index in [2.05, 4.69) is 15.9 Å². The van der Waals surface area contributed by atoms with E-state index in [1.165, 1.54) is 11.3 Å². The van der Waals surface area contributed by atoms with Crippen LogP contribution in [-0.4, -0.2) is 28.0 Å². The summed E-state index contributed by atoms with van der Waals surface area (Å²) < 4.78 is 0.937. The summed E-state index contributed by atoms with van der Waals surface area (Å²) in [6.45, 7) is 1.47. The van der Waals surface area contributed by atoms with E-state index in [4.69, 9.17) is 5.11 Å². The summed E-state index contributed by atoms with van der Waals surface area (Å²) in [7, 11) is 0. The molecule has 0 aliphatic carbocycles. The van der Waals surface area contributed by atoms with Gasteiger partial charge >= 0.3 is 0 Å². The van der Waals surface area contributed by atoms with Crippen molar-refractivity contribution in [2.45, 2.75) is 19.1 Å². The lowest BCUT2D eigenvalue weighted by atomic mass is 10.1. The van der Waals surface area contributed by atoms with Gasteiger partial charge in [-0.2, -0.15) is 0 Å². The Morgan fingerprint density at radius 3 is 2.54 bits per heavy atom. The van der Waals surface area contributed by atoms with Crippen LogP contribution in [0.4, 0.5) is 0 Å². The van der Waals surface area contributed by atoms with Crippen LogP contribution in [0.15, 0.2) is 9.85 Å². The first kappa shape index (κ1) is 11.1. The molecule has 74 valence electrons. The highest BCUT2D eigenvalue weighted by atomic mass is 79.9. The minimum Gasteiger partial charge on any atom is -0.394 e. The summed E-state index contributed by atoms with van der Waals surface area (Å²) in [6, 6.07) is 1.79. The maximum atomic E-state index is 9.51. The van der Waals surface area contributed by atoms with Gasteiger partial charge in [0.1, 0.15) is 12.2 Å². The smallest absolute Gasteiger partial charge is 0.116 e. The first-order chi connectivity index (χ1) is 6.06. The quantitative estimate of drug-likeness (QED) is 0.771. The third kappa shape index (κ3) is 2.51. The Hall–Kier alpha value is 0.0600. The van der Waals surface area contributed by atoms with Gasteiger partial charge in [-0.3, -0.25) is 0 Å². The SMILES string of the molecule is Cc1cc(C(O)C(O)CO)sc1Br. The van der Waals surface area contributed by atoms with Crippen molar-refractivity contribution in [3.63, 3.8) is 0 Å². The zero-order valence-corrected chi connectivity index (χ0v) is 9.47. The Kier molecular flexibility index (Phi) is 3.87. The van der Waals surface area contributed by atoms with Crippen LogP contribution in [0.1, 0.15) is 16.5 Å². The molecular formula is C8H11BrO3S. The average Bonchev–Trinajstić information content (AvgIpc) is 2.44. The number of rotatable bonds is 3. The molecule has 0 amide bonds. The molecule has 0 aromatic carbocycles. The summed E-state index contributed by atoms with van der Waals surface area (Å²) in [4.78, 5) is 0.658. The molecule has 0 aliphatic rings. The summed E-state index contributed by atoms with van der Waals surface area (Å²) in [5.74, 6) is 0. The molecule has 0 spiro atoms. The first-order valence-electron chi connectivity index (χ1n) is 3.79. The van der Waals surface area contributed by atoms with E-state index in [0.717, 1.165) is 9.35 Å². The molecule has 1 rings (SSSR count). The molecule has 2 unspecified atom stereocenters. The molecule has 0 saturated heterocycles. The van der Waals surface area contributed by atoms with Gasteiger partial charge in [0, 0.05) is 4.88 Å². The van der Waals surface area contributed by atoms with E-state index in [1.54, 1.807) is 6.07 Å². The summed E-state index contributed by atoms with van der Waals surface area (Å²) in [5, 5.41) is 27.3. The zero-order chi connectivity index (χ0) is 10.0. The fourth-order valence-corrected chi connectivity index (χ4v) is 2.53. The number of aliphatic hydroxyl groups excluding tert-OH is 3. The lowest BCUT2D eigenvalue weighted by molar-refractivity contribution is -0.0135. The third-order valence-electron chi connectivity index (χ3n) is 1.72. The first-order valence-corrected chi connectivity index (χ1v) is 5.40. The second-order valence-electron chi connectivity index (χ2n) is 2.80. The maximum absolute atomic E-state index is 9.51. The fourth-order valence-electron chi connectivity index (χ4n) is 0.919. The van der Waals surface area contributed by atoms with Crippen molar-refractivity contribution >= 4 is 27.3 Å². The van der Waals surface area contributed by atoms with E-state index in [0.29, 0.717) is 4.88 Å². The van der Waals surface area contributed by atoms with Crippen molar-refractivity contribution in [1.82, 2.24) is 0 Å². The second kappa shape index (κ2) is 4.52. The Labute approximate surface area is 88.8 Å². The number of aryl methyl sites for hydroxylation is 1. The van der Waals surface area contributed by atoms with Gasteiger partial charge < -0.3 is 15.3 Å². The molecule has 0 saturated carbocycles. The molecule has 2 atom stereocenters. The molecule has 5 heteroatoms. The molecule has 3 N–H and O–H groups in total. The standard InChI is InChI=1S/C8H11BrO3S/c1-4-2-6(13-8(4)9)7(12)5(11)3-10/h2,5,7,10-12H,3H2,1H3. The Morgan fingerprint density at radius 1 is 1.54 bits per heavy atom. The monoisotopic (exact) mass is 266 g/mol. The van der Waals surface area contributed by atoms with Crippen LogP contribution >= 0.6 is 27.3 Å². The zero-order valence-electron chi connectivity index (χ0n) is 7.07. The van der Waals surface area contributed by atoms with Crippen molar-refractivity contribution in [1.29, 1.82) is 0 Å². The van der Waals surface area contributed by atoms with Crippen LogP contribution in [0.5, 0.6) is 0 Å². The van der Waals surface area contributed by atoms with E-state index >= 15 is 0 Å². The van der Waals surface area contributed by atoms with Gasteiger partial charge in [-0.25, -0.2) is 0 Å². The van der Waals surface area contributed by atoms with Crippen LogP contribution < -0.4 is 0 Å². The van der Waals surface area contributed by atoms with Crippen LogP contribution in [-0.2, 0) is 0 Å². The van der Waals surface area contributed by atoms with Crippen LogP contribution in [0, 0.1) is 6.92 Å². The van der Waals surface area contributed by atoms with E-state index in [9.17, 15) is 10.2 Å². The van der Waals surface area contributed by atoms with Gasteiger partial charge in [-0.15, -0.1) is 11.3 Å². The minimum atomic E-state index is -1.11. The fraction of sp³-hybridized carbons (Fsp3) is 0.500. The number of hydrogen-bond donors (Lipinski definition) is 3. The van der Waals surface area contributed by atoms with Crippen molar-refractivity contribution < 1.29 is 15.3 Å². The molecule has 0 fully saturated rings. The van der Waals surface area contributed by atoms with Gasteiger partial charge in [-0.05, 0) is 34.5 Å². The van der Waals surface area contributed by atoms with Crippen LogP contribution in [0.3, 0.4) is 0 Å². The topological polar surface area (TPSA) is 60.7 Å². The lowest BCUT2D eigenvalue weighted by Crippen LogP contribution is -2.21. The summed E-state index contributed by atoms with van der Waals surface area (Å²) in [6.07, 6.45) is -2.11. The van der Waals surface area contributed by atoms with Crippen LogP contribution in [0.2, 0.25) is 0 Å². The number of halogens is 1. The number of thiophene rings is 1. The average molecular weight is 267 g/mol. The summed E-state index contributed by atoms with van der Waals surface area (Å²) >= 11 is 4.68. The van der Waals surface area contributed by atoms with Crippen LogP contribution in [0.25, 0.3) is 0 Å². The molecule has 1 aromatic heterocycles. The van der Waals surface area contributed by atoms with Crippen molar-refractivity contribution in [2.24, 2.45) is 0 Å². The Balaban J connectivity index is 2.82. The van der Waals surface area contributed by atoms with Crippen molar-refractivity contribution in [3.05, 3.63) is 20.3 Å². The predicted octanol–water partition coefficient (Wildman–Crippen LogP) is 1.21. The van der Waals surface area contributed by atoms with E-state index in [1.807, 2.05) is 6.92 Å². The summed E-state index contributed by atoms with van der Waals surface area (Å²) in [5.41, 5.74) is 1.02. The third-order valence-corrected chi connectivity index (χ3v) is 3.93. The van der Waals surface area contributed by atoms with Gasteiger partial charge in [0.25, 0.3) is 0 Å². The highest BCUT2D eigenvalue weighted by Crippen LogP contribution is 2.32. The molecular weight excluding hydrogens is 256 g/mol. The number of hydrogen-bond acceptors (Lipinski definition) is 4. The molecule has 0 bridgehead atoms. The number of aliphatic hydroxyl groups is 3. The maximum Gasteiger partial charge on any atom is 0.116 e. The Bertz CT molecular complexity index is 267. The molecule has 1 heterocycles. The highest BCUT2D eigenvalue weighted by molar-refractivity contribution is 9.11. The Morgan fingerprint density at radius 2 is 2.15 bits per heavy atom.